The van der Waals surface area contributed by atoms with Gasteiger partial charge in [-0.05, 0) is 35.4 Å². The van der Waals surface area contributed by atoms with Crippen LogP contribution in [0.5, 0.6) is 11.5 Å². The minimum absolute atomic E-state index is 0.0870. The average Bonchev–Trinajstić information content (AvgIpc) is 3.66. The molecular formula is C23H32N2O4. The standard InChI is InChI=1S/C21H24O4.C2H8N2/c1-21(2,15-3-7-17(8-4-15)22-11-19-13-24-19)16-5-9-18(10-6-16)23-12-20-14-25-20;3-1-2-4/h3-10,19-20H,11-14H2,1-2H3;1-4H2. The molecule has 2 aromatic carbocycles. The Hall–Kier alpha value is -2.12. The number of hydrogen-bond donors (Lipinski definition) is 2. The quantitative estimate of drug-likeness (QED) is 0.628. The third-order valence-electron chi connectivity index (χ3n) is 5.00. The molecule has 0 bridgehead atoms. The molecule has 2 fully saturated rings. The summed E-state index contributed by atoms with van der Waals surface area (Å²) in [6.45, 7) is 8.56. The molecule has 0 radical (unpaired) electrons. The molecule has 0 spiro atoms. The highest BCUT2D eigenvalue weighted by molar-refractivity contribution is 5.41. The first kappa shape index (κ1) is 21.6. The molecular weight excluding hydrogens is 368 g/mol. The van der Waals surface area contributed by atoms with Crippen LogP contribution in [0.25, 0.3) is 0 Å². The number of epoxide rings is 2. The second-order valence-corrected chi connectivity index (χ2v) is 7.78. The number of nitrogens with two attached hydrogens (primary N) is 2. The Balaban J connectivity index is 0.000000552. The van der Waals surface area contributed by atoms with Crippen molar-refractivity contribution in [2.45, 2.75) is 31.5 Å². The fourth-order valence-corrected chi connectivity index (χ4v) is 2.81. The molecule has 2 atom stereocenters. The van der Waals surface area contributed by atoms with E-state index in [0.717, 1.165) is 24.7 Å². The summed E-state index contributed by atoms with van der Waals surface area (Å²) in [5, 5.41) is 0. The van der Waals surface area contributed by atoms with Crippen molar-refractivity contribution >= 4 is 0 Å². The lowest BCUT2D eigenvalue weighted by molar-refractivity contribution is 0.263. The number of hydrogen-bond acceptors (Lipinski definition) is 6. The van der Waals surface area contributed by atoms with E-state index in [1.165, 1.54) is 11.1 Å². The number of ether oxygens (including phenoxy) is 4. The molecule has 29 heavy (non-hydrogen) atoms. The van der Waals surface area contributed by atoms with Gasteiger partial charge in [0.1, 0.15) is 36.9 Å². The Labute approximate surface area is 173 Å². The van der Waals surface area contributed by atoms with Crippen molar-refractivity contribution in [2.24, 2.45) is 11.5 Å². The van der Waals surface area contributed by atoms with Crippen LogP contribution in [0.2, 0.25) is 0 Å². The summed E-state index contributed by atoms with van der Waals surface area (Å²) >= 11 is 0. The molecule has 2 aliphatic heterocycles. The predicted molar refractivity (Wildman–Crippen MR) is 114 cm³/mol. The van der Waals surface area contributed by atoms with Crippen LogP contribution in [0.4, 0.5) is 0 Å². The van der Waals surface area contributed by atoms with Crippen molar-refractivity contribution in [1.82, 2.24) is 0 Å². The van der Waals surface area contributed by atoms with Crippen molar-refractivity contribution in [3.63, 3.8) is 0 Å². The van der Waals surface area contributed by atoms with Gasteiger partial charge in [-0.25, -0.2) is 0 Å². The first-order valence-electron chi connectivity index (χ1n) is 10.1. The Bertz CT molecular complexity index is 675. The lowest BCUT2D eigenvalue weighted by Gasteiger charge is -2.26. The molecule has 2 aromatic rings. The summed E-state index contributed by atoms with van der Waals surface area (Å²) in [7, 11) is 0. The fraction of sp³-hybridized carbons (Fsp3) is 0.478. The van der Waals surface area contributed by atoms with Crippen LogP contribution in [0.15, 0.2) is 48.5 Å². The summed E-state index contributed by atoms with van der Waals surface area (Å²) in [5.74, 6) is 1.78. The van der Waals surface area contributed by atoms with Gasteiger partial charge in [-0.2, -0.15) is 0 Å². The predicted octanol–water partition coefficient (Wildman–Crippen LogP) is 2.47. The zero-order valence-electron chi connectivity index (χ0n) is 17.3. The molecule has 0 aliphatic carbocycles. The average molecular weight is 401 g/mol. The molecule has 0 amide bonds. The smallest absolute Gasteiger partial charge is 0.119 e. The number of benzene rings is 2. The van der Waals surface area contributed by atoms with Gasteiger partial charge in [0.15, 0.2) is 0 Å². The molecule has 0 saturated carbocycles. The van der Waals surface area contributed by atoms with Crippen molar-refractivity contribution < 1.29 is 18.9 Å². The van der Waals surface area contributed by atoms with E-state index < -0.39 is 0 Å². The maximum atomic E-state index is 5.72. The lowest BCUT2D eigenvalue weighted by Crippen LogP contribution is -2.18. The van der Waals surface area contributed by atoms with Gasteiger partial charge in [-0.15, -0.1) is 0 Å². The van der Waals surface area contributed by atoms with E-state index in [1.54, 1.807) is 0 Å². The first-order valence-corrected chi connectivity index (χ1v) is 10.1. The molecule has 2 saturated heterocycles. The van der Waals surface area contributed by atoms with Gasteiger partial charge in [-0.3, -0.25) is 0 Å². The van der Waals surface area contributed by atoms with E-state index in [-0.39, 0.29) is 17.6 Å². The highest BCUT2D eigenvalue weighted by Crippen LogP contribution is 2.33. The van der Waals surface area contributed by atoms with E-state index in [0.29, 0.717) is 26.3 Å². The zero-order valence-corrected chi connectivity index (χ0v) is 17.3. The molecule has 158 valence electrons. The summed E-state index contributed by atoms with van der Waals surface area (Å²) < 4.78 is 21.8. The summed E-state index contributed by atoms with van der Waals surface area (Å²) in [6.07, 6.45) is 0.562. The fourth-order valence-electron chi connectivity index (χ4n) is 2.81. The third-order valence-corrected chi connectivity index (χ3v) is 5.00. The molecule has 0 aromatic heterocycles. The normalized spacial score (nSPS) is 19.7. The van der Waals surface area contributed by atoms with Crippen LogP contribution in [-0.4, -0.2) is 51.7 Å². The van der Waals surface area contributed by atoms with E-state index in [2.05, 4.69) is 38.1 Å². The molecule has 2 heterocycles. The van der Waals surface area contributed by atoms with E-state index in [1.807, 2.05) is 24.3 Å². The minimum Gasteiger partial charge on any atom is -0.491 e. The topological polar surface area (TPSA) is 95.6 Å². The lowest BCUT2D eigenvalue weighted by atomic mass is 9.78. The van der Waals surface area contributed by atoms with Gasteiger partial charge in [0, 0.05) is 18.5 Å². The van der Waals surface area contributed by atoms with Crippen molar-refractivity contribution in [1.29, 1.82) is 0 Å². The van der Waals surface area contributed by atoms with Crippen LogP contribution in [0, 0.1) is 0 Å². The molecule has 2 aliphatic rings. The summed E-state index contributed by atoms with van der Waals surface area (Å²) in [6, 6.07) is 16.7. The largest absolute Gasteiger partial charge is 0.491 e. The van der Waals surface area contributed by atoms with Gasteiger partial charge >= 0.3 is 0 Å². The van der Waals surface area contributed by atoms with E-state index in [9.17, 15) is 0 Å². The highest BCUT2D eigenvalue weighted by atomic mass is 16.6. The van der Waals surface area contributed by atoms with Crippen LogP contribution >= 0.6 is 0 Å². The molecule has 6 heteroatoms. The Morgan fingerprint density at radius 3 is 1.38 bits per heavy atom. The second kappa shape index (κ2) is 10.1. The Morgan fingerprint density at radius 2 is 1.10 bits per heavy atom. The van der Waals surface area contributed by atoms with Gasteiger partial charge in [0.2, 0.25) is 0 Å². The first-order chi connectivity index (χ1) is 14.0. The summed E-state index contributed by atoms with van der Waals surface area (Å²) in [4.78, 5) is 0. The van der Waals surface area contributed by atoms with Crippen molar-refractivity contribution in [3.05, 3.63) is 59.7 Å². The Morgan fingerprint density at radius 1 is 0.759 bits per heavy atom. The van der Waals surface area contributed by atoms with Crippen molar-refractivity contribution in [3.8, 4) is 11.5 Å². The number of rotatable bonds is 9. The van der Waals surface area contributed by atoms with E-state index in [4.69, 9.17) is 30.4 Å². The van der Waals surface area contributed by atoms with Gasteiger partial charge in [0.05, 0.1) is 13.2 Å². The van der Waals surface area contributed by atoms with Crippen LogP contribution in [0.1, 0.15) is 25.0 Å². The van der Waals surface area contributed by atoms with Gasteiger partial charge in [0.25, 0.3) is 0 Å². The second-order valence-electron chi connectivity index (χ2n) is 7.78. The van der Waals surface area contributed by atoms with E-state index >= 15 is 0 Å². The van der Waals surface area contributed by atoms with Gasteiger partial charge in [-0.1, -0.05) is 38.1 Å². The Kier molecular flexibility index (Phi) is 7.50. The monoisotopic (exact) mass is 400 g/mol. The minimum atomic E-state index is -0.0870. The van der Waals surface area contributed by atoms with Crippen LogP contribution < -0.4 is 20.9 Å². The third kappa shape index (κ3) is 6.72. The zero-order chi connectivity index (χ0) is 20.7. The van der Waals surface area contributed by atoms with Gasteiger partial charge < -0.3 is 30.4 Å². The molecule has 4 rings (SSSR count). The SMILES string of the molecule is CC(C)(c1ccc(OCC2CO2)cc1)c1ccc(OCC2CO2)cc1.NCCN. The molecule has 4 N–H and O–H groups in total. The van der Waals surface area contributed by atoms with Crippen molar-refractivity contribution in [2.75, 3.05) is 39.5 Å². The highest BCUT2D eigenvalue weighted by Gasteiger charge is 2.25. The maximum Gasteiger partial charge on any atom is 0.119 e. The van der Waals surface area contributed by atoms with Crippen LogP contribution in [-0.2, 0) is 14.9 Å². The molecule has 6 nitrogen and oxygen atoms in total. The summed E-state index contributed by atoms with van der Waals surface area (Å²) in [5.41, 5.74) is 12.2. The van der Waals surface area contributed by atoms with Crippen LogP contribution in [0.3, 0.4) is 0 Å². The molecule has 2 unspecified atom stereocenters. The maximum absolute atomic E-state index is 5.72.